The molecule has 0 aromatic heterocycles. The molecule has 162 valence electrons. The predicted octanol–water partition coefficient (Wildman–Crippen LogP) is 7.47. The Morgan fingerprint density at radius 1 is 1.21 bits per heavy atom. The molecule has 7 atom stereocenters. The molecule has 0 heterocycles. The van der Waals surface area contributed by atoms with E-state index in [0.29, 0.717) is 22.7 Å². The number of allylic oxidation sites excluding steroid dienone is 5. The SMILES string of the molecule is C=C(CC[C@](C)(O)[C@H]1CC[C@H]2[C@@H]3CCC4=CCC=C[C@]4(C)[C@H]3CC[C@@]21C)C(C)C. The monoisotopic (exact) mass is 396 g/mol. The molecule has 0 aromatic carbocycles. The molecule has 4 rings (SSSR count). The van der Waals surface area contributed by atoms with Crippen LogP contribution in [0.2, 0.25) is 0 Å². The van der Waals surface area contributed by atoms with Gasteiger partial charge in [-0.15, -0.1) is 0 Å². The lowest BCUT2D eigenvalue weighted by Crippen LogP contribution is -2.52. The van der Waals surface area contributed by atoms with Gasteiger partial charge >= 0.3 is 0 Å². The first-order valence-electron chi connectivity index (χ1n) is 12.4. The Labute approximate surface area is 179 Å². The minimum Gasteiger partial charge on any atom is -0.390 e. The van der Waals surface area contributed by atoms with Gasteiger partial charge in [0, 0.05) is 5.41 Å². The van der Waals surface area contributed by atoms with Crippen molar-refractivity contribution < 1.29 is 5.11 Å². The van der Waals surface area contributed by atoms with Crippen molar-refractivity contribution in [3.63, 3.8) is 0 Å². The van der Waals surface area contributed by atoms with Gasteiger partial charge in [-0.25, -0.2) is 0 Å². The second-order valence-electron chi connectivity index (χ2n) is 11.9. The topological polar surface area (TPSA) is 20.2 Å². The van der Waals surface area contributed by atoms with E-state index in [4.69, 9.17) is 0 Å². The molecule has 0 radical (unpaired) electrons. The summed E-state index contributed by atoms with van der Waals surface area (Å²) in [6.07, 6.45) is 18.3. The molecule has 0 unspecified atom stereocenters. The summed E-state index contributed by atoms with van der Waals surface area (Å²) in [6, 6.07) is 0. The quantitative estimate of drug-likeness (QED) is 0.478. The van der Waals surface area contributed by atoms with E-state index in [9.17, 15) is 5.11 Å². The Hall–Kier alpha value is -0.820. The summed E-state index contributed by atoms with van der Waals surface area (Å²) in [5.74, 6) is 3.39. The molecule has 0 saturated heterocycles. The van der Waals surface area contributed by atoms with Gasteiger partial charge in [0.15, 0.2) is 0 Å². The van der Waals surface area contributed by atoms with Crippen molar-refractivity contribution >= 4 is 0 Å². The van der Waals surface area contributed by atoms with Gasteiger partial charge in [-0.2, -0.15) is 0 Å². The van der Waals surface area contributed by atoms with Crippen LogP contribution in [0, 0.1) is 40.4 Å². The van der Waals surface area contributed by atoms with Gasteiger partial charge in [0.05, 0.1) is 5.60 Å². The second kappa shape index (κ2) is 7.40. The van der Waals surface area contributed by atoms with E-state index in [1.165, 1.54) is 44.1 Å². The molecule has 1 heteroatoms. The summed E-state index contributed by atoms with van der Waals surface area (Å²) in [5.41, 5.74) is 3.05. The van der Waals surface area contributed by atoms with E-state index >= 15 is 0 Å². The van der Waals surface area contributed by atoms with Crippen LogP contribution < -0.4 is 0 Å². The van der Waals surface area contributed by atoms with Crippen LogP contribution in [-0.4, -0.2) is 10.7 Å². The zero-order valence-corrected chi connectivity index (χ0v) is 19.6. The molecule has 0 spiro atoms. The van der Waals surface area contributed by atoms with Crippen molar-refractivity contribution in [2.24, 2.45) is 40.4 Å². The Bertz CT molecular complexity index is 710. The molecular formula is C28H44O. The normalized spacial score (nSPS) is 43.2. The van der Waals surface area contributed by atoms with Crippen molar-refractivity contribution in [3.8, 4) is 0 Å². The molecule has 1 nitrogen and oxygen atoms in total. The lowest BCUT2D eigenvalue weighted by Gasteiger charge is -2.58. The molecule has 0 aromatic rings. The van der Waals surface area contributed by atoms with Crippen LogP contribution in [0.1, 0.15) is 92.4 Å². The van der Waals surface area contributed by atoms with Crippen molar-refractivity contribution in [2.45, 2.75) is 98.0 Å². The summed E-state index contributed by atoms with van der Waals surface area (Å²) in [5, 5.41) is 11.6. The van der Waals surface area contributed by atoms with Crippen molar-refractivity contribution in [3.05, 3.63) is 36.0 Å². The number of hydrogen-bond donors (Lipinski definition) is 1. The van der Waals surface area contributed by atoms with Gasteiger partial charge in [-0.1, -0.05) is 63.6 Å². The maximum atomic E-state index is 11.6. The molecule has 0 bridgehead atoms. The first-order valence-corrected chi connectivity index (χ1v) is 12.4. The Morgan fingerprint density at radius 2 is 1.97 bits per heavy atom. The smallest absolute Gasteiger partial charge is 0.0656 e. The Morgan fingerprint density at radius 3 is 2.69 bits per heavy atom. The van der Waals surface area contributed by atoms with Gasteiger partial charge < -0.3 is 5.11 Å². The van der Waals surface area contributed by atoms with Crippen LogP contribution in [0.15, 0.2) is 36.0 Å². The highest BCUT2D eigenvalue weighted by atomic mass is 16.3. The maximum absolute atomic E-state index is 11.6. The molecule has 4 aliphatic carbocycles. The second-order valence-corrected chi connectivity index (χ2v) is 11.9. The van der Waals surface area contributed by atoms with E-state index in [2.05, 4.69) is 59.4 Å². The lowest BCUT2D eigenvalue weighted by atomic mass is 9.47. The van der Waals surface area contributed by atoms with E-state index in [1.807, 2.05) is 0 Å². The minimum absolute atomic E-state index is 0.304. The average Bonchev–Trinajstić information content (AvgIpc) is 3.03. The van der Waals surface area contributed by atoms with Crippen LogP contribution in [0.25, 0.3) is 0 Å². The minimum atomic E-state index is -0.567. The third-order valence-corrected chi connectivity index (χ3v) is 10.1. The summed E-state index contributed by atoms with van der Waals surface area (Å²) >= 11 is 0. The van der Waals surface area contributed by atoms with E-state index in [0.717, 1.165) is 37.0 Å². The molecule has 0 aliphatic heterocycles. The molecule has 1 N–H and O–H groups in total. The van der Waals surface area contributed by atoms with Gasteiger partial charge in [0.1, 0.15) is 0 Å². The largest absolute Gasteiger partial charge is 0.390 e. The van der Waals surface area contributed by atoms with Crippen molar-refractivity contribution in [2.75, 3.05) is 0 Å². The number of aliphatic hydroxyl groups is 1. The summed E-state index contributed by atoms with van der Waals surface area (Å²) < 4.78 is 0. The fourth-order valence-corrected chi connectivity index (χ4v) is 8.24. The summed E-state index contributed by atoms with van der Waals surface area (Å²) in [7, 11) is 0. The Balaban J connectivity index is 1.53. The molecular weight excluding hydrogens is 352 g/mol. The van der Waals surface area contributed by atoms with E-state index in [-0.39, 0.29) is 0 Å². The van der Waals surface area contributed by atoms with Crippen LogP contribution in [-0.2, 0) is 0 Å². The fraction of sp³-hybridized carbons (Fsp3) is 0.786. The fourth-order valence-electron chi connectivity index (χ4n) is 8.24. The van der Waals surface area contributed by atoms with Crippen LogP contribution in [0.3, 0.4) is 0 Å². The highest BCUT2D eigenvalue weighted by Gasteiger charge is 2.60. The van der Waals surface area contributed by atoms with Crippen LogP contribution >= 0.6 is 0 Å². The lowest BCUT2D eigenvalue weighted by molar-refractivity contribution is -0.101. The van der Waals surface area contributed by atoms with Crippen molar-refractivity contribution in [1.29, 1.82) is 0 Å². The highest BCUT2D eigenvalue weighted by Crippen LogP contribution is 2.67. The highest BCUT2D eigenvalue weighted by molar-refractivity contribution is 5.31. The summed E-state index contributed by atoms with van der Waals surface area (Å²) in [6.45, 7) is 15.9. The van der Waals surface area contributed by atoms with Gasteiger partial charge in [0.25, 0.3) is 0 Å². The van der Waals surface area contributed by atoms with E-state index in [1.54, 1.807) is 5.57 Å². The zero-order chi connectivity index (χ0) is 21.0. The molecule has 3 saturated carbocycles. The van der Waals surface area contributed by atoms with Gasteiger partial charge in [-0.3, -0.25) is 0 Å². The van der Waals surface area contributed by atoms with Gasteiger partial charge in [-0.05, 0) is 99.7 Å². The Kier molecular flexibility index (Phi) is 5.46. The first-order chi connectivity index (χ1) is 13.6. The van der Waals surface area contributed by atoms with Gasteiger partial charge in [0.2, 0.25) is 0 Å². The molecule has 0 amide bonds. The maximum Gasteiger partial charge on any atom is 0.0656 e. The zero-order valence-electron chi connectivity index (χ0n) is 19.6. The average molecular weight is 397 g/mol. The predicted molar refractivity (Wildman–Crippen MR) is 124 cm³/mol. The van der Waals surface area contributed by atoms with Crippen LogP contribution in [0.4, 0.5) is 0 Å². The number of rotatable bonds is 5. The molecule has 29 heavy (non-hydrogen) atoms. The summed E-state index contributed by atoms with van der Waals surface area (Å²) in [4.78, 5) is 0. The first kappa shape index (κ1) is 21.4. The molecule has 4 aliphatic rings. The van der Waals surface area contributed by atoms with Crippen molar-refractivity contribution in [1.82, 2.24) is 0 Å². The third-order valence-electron chi connectivity index (χ3n) is 10.1. The number of hydrogen-bond acceptors (Lipinski definition) is 1. The standard InChI is InChI=1S/C28H44O/c1-19(2)20(3)14-18-28(6,29)25-13-12-23-22-11-10-21-9-7-8-16-26(21,4)24(22)15-17-27(23,25)5/h8-9,16,19,22-25,29H,3,7,10-15,17-18H2,1-2,4-6H3/t22-,23-,24-,25-,26-,27-,28-/m0/s1. The van der Waals surface area contributed by atoms with Crippen LogP contribution in [0.5, 0.6) is 0 Å². The van der Waals surface area contributed by atoms with E-state index < -0.39 is 5.60 Å². The third kappa shape index (κ3) is 3.40. The number of fused-ring (bicyclic) bond motifs is 5. The molecule has 3 fully saturated rings.